The summed E-state index contributed by atoms with van der Waals surface area (Å²) in [6.07, 6.45) is 5.93. The van der Waals surface area contributed by atoms with Crippen LogP contribution in [0, 0.1) is 5.92 Å². The van der Waals surface area contributed by atoms with Gasteiger partial charge < -0.3 is 9.47 Å². The van der Waals surface area contributed by atoms with Crippen molar-refractivity contribution < 1.29 is 18.3 Å². The van der Waals surface area contributed by atoms with Crippen LogP contribution in [0.3, 0.4) is 0 Å². The molecule has 1 saturated carbocycles. The van der Waals surface area contributed by atoms with Crippen molar-refractivity contribution in [2.24, 2.45) is 5.92 Å². The van der Waals surface area contributed by atoms with Crippen molar-refractivity contribution >= 4 is 23.2 Å². The van der Waals surface area contributed by atoms with Crippen LogP contribution in [0.4, 0.5) is 8.78 Å². The van der Waals surface area contributed by atoms with Gasteiger partial charge in [-0.1, -0.05) is 36.2 Å². The topological polar surface area (TPSA) is 31.4 Å². The number of alkyl halides is 2. The van der Waals surface area contributed by atoms with Crippen LogP contribution in [0.5, 0.6) is 11.5 Å². The predicted molar refractivity (Wildman–Crippen MR) is 97.7 cm³/mol. The molecular formula is C19H19Cl2F2NO2. The van der Waals surface area contributed by atoms with Gasteiger partial charge in [-0.05, 0) is 54.4 Å². The maximum Gasteiger partial charge on any atom is 0.387 e. The van der Waals surface area contributed by atoms with E-state index in [-0.39, 0.29) is 11.7 Å². The number of benzene rings is 1. The highest BCUT2D eigenvalue weighted by Gasteiger charge is 2.23. The molecule has 0 bridgehead atoms. The molecule has 0 unspecified atom stereocenters. The lowest BCUT2D eigenvalue weighted by molar-refractivity contribution is -0.0515. The molecule has 2 aromatic rings. The highest BCUT2D eigenvalue weighted by atomic mass is 35.5. The molecular weight excluding hydrogens is 383 g/mol. The molecule has 3 rings (SSSR count). The Morgan fingerprint density at radius 1 is 1.15 bits per heavy atom. The molecule has 1 aromatic heterocycles. The third-order valence-electron chi connectivity index (χ3n) is 4.39. The molecule has 0 aliphatic heterocycles. The van der Waals surface area contributed by atoms with Gasteiger partial charge in [0, 0.05) is 12.4 Å². The minimum absolute atomic E-state index is 0.0521. The molecule has 1 heterocycles. The molecule has 0 radical (unpaired) electrons. The summed E-state index contributed by atoms with van der Waals surface area (Å²) < 4.78 is 35.6. The second-order valence-corrected chi connectivity index (χ2v) is 7.34. The van der Waals surface area contributed by atoms with E-state index in [9.17, 15) is 8.78 Å². The van der Waals surface area contributed by atoms with Crippen LogP contribution in [0.2, 0.25) is 10.0 Å². The Kier molecular flexibility index (Phi) is 6.20. The van der Waals surface area contributed by atoms with E-state index in [1.54, 1.807) is 24.5 Å². The van der Waals surface area contributed by atoms with Gasteiger partial charge in [-0.25, -0.2) is 0 Å². The lowest BCUT2D eigenvalue weighted by Gasteiger charge is -2.18. The van der Waals surface area contributed by atoms with Gasteiger partial charge in [0.25, 0.3) is 0 Å². The minimum atomic E-state index is -2.89. The van der Waals surface area contributed by atoms with Crippen molar-refractivity contribution in [1.82, 2.24) is 4.98 Å². The number of hydrogen-bond donors (Lipinski definition) is 0. The van der Waals surface area contributed by atoms with Crippen LogP contribution in [0.25, 0.3) is 0 Å². The normalized spacial score (nSPS) is 15.2. The fourth-order valence-electron chi connectivity index (χ4n) is 2.69. The Hall–Kier alpha value is -1.59. The first kappa shape index (κ1) is 19.2. The SMILES string of the molecule is C[C@@H](Cc1c(Cl)cncc1Cl)c1ccc(OC(F)F)c(OCC2CC2)c1. The number of ether oxygens (including phenoxy) is 2. The van der Waals surface area contributed by atoms with Crippen molar-refractivity contribution in [2.75, 3.05) is 6.61 Å². The Morgan fingerprint density at radius 2 is 1.85 bits per heavy atom. The number of hydrogen-bond acceptors (Lipinski definition) is 3. The first-order valence-corrected chi connectivity index (χ1v) is 9.19. The lowest BCUT2D eigenvalue weighted by Crippen LogP contribution is -2.07. The monoisotopic (exact) mass is 401 g/mol. The highest BCUT2D eigenvalue weighted by Crippen LogP contribution is 2.37. The summed E-state index contributed by atoms with van der Waals surface area (Å²) in [6, 6.07) is 5.04. The van der Waals surface area contributed by atoms with Crippen molar-refractivity contribution in [2.45, 2.75) is 38.7 Å². The molecule has 26 heavy (non-hydrogen) atoms. The fraction of sp³-hybridized carbons (Fsp3) is 0.421. The van der Waals surface area contributed by atoms with Gasteiger partial charge in [0.05, 0.1) is 16.7 Å². The Balaban J connectivity index is 1.80. The molecule has 1 aromatic carbocycles. The molecule has 7 heteroatoms. The van der Waals surface area contributed by atoms with E-state index < -0.39 is 6.61 Å². The van der Waals surface area contributed by atoms with Crippen molar-refractivity contribution in [3.8, 4) is 11.5 Å². The standard InChI is InChI=1S/C19H19Cl2F2NO2/c1-11(6-14-15(20)8-24-9-16(14)21)13-4-5-17(26-19(22)23)18(7-13)25-10-12-2-3-12/h4-5,7-9,11-12,19H,2-3,6,10H2,1H3/t11-/m0/s1. The van der Waals surface area contributed by atoms with Crippen molar-refractivity contribution in [3.63, 3.8) is 0 Å². The third kappa shape index (κ3) is 4.98. The molecule has 0 amide bonds. The summed E-state index contributed by atoms with van der Waals surface area (Å²) in [7, 11) is 0. The Labute approximate surface area is 161 Å². The summed E-state index contributed by atoms with van der Waals surface area (Å²) in [6.45, 7) is -0.365. The summed E-state index contributed by atoms with van der Waals surface area (Å²) in [5.74, 6) is 0.950. The molecule has 3 nitrogen and oxygen atoms in total. The molecule has 1 atom stereocenters. The van der Waals surface area contributed by atoms with Crippen molar-refractivity contribution in [1.29, 1.82) is 0 Å². The summed E-state index contributed by atoms with van der Waals surface area (Å²) in [4.78, 5) is 3.95. The molecule has 0 saturated heterocycles. The molecule has 0 spiro atoms. The molecule has 0 N–H and O–H groups in total. The zero-order valence-corrected chi connectivity index (χ0v) is 15.7. The van der Waals surface area contributed by atoms with Crippen molar-refractivity contribution in [3.05, 3.63) is 51.8 Å². The van der Waals surface area contributed by atoms with E-state index in [0.29, 0.717) is 34.7 Å². The fourth-order valence-corrected chi connectivity index (χ4v) is 3.21. The summed E-state index contributed by atoms with van der Waals surface area (Å²) in [5, 5.41) is 1.01. The molecule has 140 valence electrons. The molecule has 1 aliphatic rings. The Morgan fingerprint density at radius 3 is 2.46 bits per heavy atom. The van der Waals surface area contributed by atoms with Crippen LogP contribution in [-0.4, -0.2) is 18.2 Å². The number of aromatic nitrogens is 1. The number of pyridine rings is 1. The maximum absolute atomic E-state index is 12.6. The van der Waals surface area contributed by atoms with Crippen LogP contribution < -0.4 is 9.47 Å². The van der Waals surface area contributed by atoms with E-state index in [2.05, 4.69) is 9.72 Å². The largest absolute Gasteiger partial charge is 0.489 e. The van der Waals surface area contributed by atoms with E-state index in [4.69, 9.17) is 27.9 Å². The smallest absolute Gasteiger partial charge is 0.387 e. The van der Waals surface area contributed by atoms with Gasteiger partial charge in [0.1, 0.15) is 0 Å². The lowest BCUT2D eigenvalue weighted by atomic mass is 9.94. The second-order valence-electron chi connectivity index (χ2n) is 6.53. The van der Waals surface area contributed by atoms with E-state index >= 15 is 0 Å². The first-order valence-electron chi connectivity index (χ1n) is 8.43. The van der Waals surface area contributed by atoms with Gasteiger partial charge in [0.15, 0.2) is 11.5 Å². The van der Waals surface area contributed by atoms with Gasteiger partial charge >= 0.3 is 6.61 Å². The molecule has 1 fully saturated rings. The zero-order chi connectivity index (χ0) is 18.7. The van der Waals surface area contributed by atoms with Crippen LogP contribution in [0.1, 0.15) is 36.8 Å². The average Bonchev–Trinajstić information content (AvgIpc) is 3.41. The van der Waals surface area contributed by atoms with Crippen LogP contribution >= 0.6 is 23.2 Å². The summed E-state index contributed by atoms with van der Waals surface area (Å²) >= 11 is 12.4. The number of rotatable bonds is 8. The van der Waals surface area contributed by atoms with Gasteiger partial charge in [-0.3, -0.25) is 4.98 Å². The zero-order valence-electron chi connectivity index (χ0n) is 14.2. The van der Waals surface area contributed by atoms with Crippen LogP contribution in [0.15, 0.2) is 30.6 Å². The summed E-state index contributed by atoms with van der Waals surface area (Å²) in [5.41, 5.74) is 1.74. The van der Waals surface area contributed by atoms with E-state index in [1.165, 1.54) is 6.07 Å². The van der Waals surface area contributed by atoms with Crippen LogP contribution in [-0.2, 0) is 6.42 Å². The first-order chi connectivity index (χ1) is 12.4. The number of halogens is 4. The molecule has 1 aliphatic carbocycles. The highest BCUT2D eigenvalue weighted by molar-refractivity contribution is 6.35. The maximum atomic E-state index is 12.6. The quantitative estimate of drug-likeness (QED) is 0.533. The number of nitrogens with zero attached hydrogens (tertiary/aromatic N) is 1. The van der Waals surface area contributed by atoms with E-state index in [1.807, 2.05) is 6.92 Å². The third-order valence-corrected chi connectivity index (χ3v) is 5.04. The minimum Gasteiger partial charge on any atom is -0.489 e. The van der Waals surface area contributed by atoms with Gasteiger partial charge in [-0.2, -0.15) is 8.78 Å². The van der Waals surface area contributed by atoms with Gasteiger partial charge in [-0.15, -0.1) is 0 Å². The van der Waals surface area contributed by atoms with E-state index in [0.717, 1.165) is 24.0 Å². The Bertz CT molecular complexity index is 749. The average molecular weight is 402 g/mol. The second kappa shape index (κ2) is 8.40. The van der Waals surface area contributed by atoms with Gasteiger partial charge in [0.2, 0.25) is 0 Å². The predicted octanol–water partition coefficient (Wildman–Crippen LogP) is 6.12.